The van der Waals surface area contributed by atoms with Gasteiger partial charge in [-0.3, -0.25) is 4.79 Å². The zero-order chi connectivity index (χ0) is 15.0. The molecule has 0 unspecified atom stereocenters. The molecule has 0 N–H and O–H groups in total. The minimum absolute atomic E-state index is 0.0864. The van der Waals surface area contributed by atoms with Crippen molar-refractivity contribution in [2.75, 3.05) is 31.6 Å². The summed E-state index contributed by atoms with van der Waals surface area (Å²) in [7, 11) is -1.74. The second-order valence-corrected chi connectivity index (χ2v) is 7.51. The Hall–Kier alpha value is -1.60. The molecule has 1 aromatic rings. The summed E-state index contributed by atoms with van der Waals surface area (Å²) in [4.78, 5) is 13.9. The third-order valence-corrected chi connectivity index (χ3v) is 6.21. The van der Waals surface area contributed by atoms with E-state index in [9.17, 15) is 13.2 Å². The highest BCUT2D eigenvalue weighted by Crippen LogP contribution is 2.33. The lowest BCUT2D eigenvalue weighted by molar-refractivity contribution is -0.120. The molecule has 2 fully saturated rings. The van der Waals surface area contributed by atoms with Crippen molar-refractivity contribution in [3.8, 4) is 5.75 Å². The molecule has 1 aliphatic heterocycles. The summed E-state index contributed by atoms with van der Waals surface area (Å²) in [6.45, 7) is 0.602. The van der Waals surface area contributed by atoms with E-state index in [4.69, 9.17) is 4.74 Å². The van der Waals surface area contributed by atoms with Gasteiger partial charge in [0, 0.05) is 13.1 Å². The smallest absolute Gasteiger partial charge is 0.242 e. The molecule has 0 spiro atoms. The summed E-state index contributed by atoms with van der Waals surface area (Å²) in [5.74, 6) is 0.402. The number of carbonyl (C=O) groups excluding carboxylic acids is 1. The number of amides is 1. The molecule has 1 aromatic carbocycles. The van der Waals surface area contributed by atoms with Crippen molar-refractivity contribution < 1.29 is 17.9 Å². The van der Waals surface area contributed by atoms with E-state index in [1.165, 1.54) is 4.31 Å². The number of benzene rings is 1. The highest BCUT2D eigenvalue weighted by Gasteiger charge is 2.42. The van der Waals surface area contributed by atoms with Crippen molar-refractivity contribution in [3.05, 3.63) is 24.3 Å². The van der Waals surface area contributed by atoms with E-state index < -0.39 is 10.0 Å². The van der Waals surface area contributed by atoms with Gasteiger partial charge in [0.05, 0.1) is 24.6 Å². The van der Waals surface area contributed by atoms with Crippen LogP contribution >= 0.6 is 0 Å². The number of carbonyl (C=O) groups is 1. The fourth-order valence-electron chi connectivity index (χ4n) is 2.55. The molecule has 0 bridgehead atoms. The van der Waals surface area contributed by atoms with Crippen LogP contribution in [0.15, 0.2) is 24.3 Å². The number of para-hydroxylation sites is 2. The molecule has 1 aliphatic carbocycles. The van der Waals surface area contributed by atoms with Gasteiger partial charge in [-0.2, -0.15) is 4.31 Å². The van der Waals surface area contributed by atoms with Gasteiger partial charge in [-0.05, 0) is 25.0 Å². The Bertz CT molecular complexity index is 655. The first-order chi connectivity index (χ1) is 10.0. The number of sulfonamides is 1. The van der Waals surface area contributed by atoms with Crippen LogP contribution in [0.1, 0.15) is 12.8 Å². The molecule has 0 radical (unpaired) electrons. The summed E-state index contributed by atoms with van der Waals surface area (Å²) < 4.78 is 31.0. The zero-order valence-corrected chi connectivity index (χ0v) is 12.7. The van der Waals surface area contributed by atoms with Crippen molar-refractivity contribution >= 4 is 21.6 Å². The lowest BCUT2D eigenvalue weighted by Crippen LogP contribution is -2.53. The average Bonchev–Trinajstić information content (AvgIpc) is 3.32. The second kappa shape index (κ2) is 5.31. The Morgan fingerprint density at radius 3 is 2.52 bits per heavy atom. The highest BCUT2D eigenvalue weighted by molar-refractivity contribution is 7.90. The van der Waals surface area contributed by atoms with Crippen molar-refractivity contribution in [3.63, 3.8) is 0 Å². The maximum absolute atomic E-state index is 12.3. The number of anilines is 1. The zero-order valence-electron chi connectivity index (χ0n) is 11.9. The van der Waals surface area contributed by atoms with Crippen LogP contribution in [0.25, 0.3) is 0 Å². The summed E-state index contributed by atoms with van der Waals surface area (Å²) in [6.07, 6.45) is 1.42. The lowest BCUT2D eigenvalue weighted by Gasteiger charge is -2.34. The van der Waals surface area contributed by atoms with Crippen LogP contribution in [0.5, 0.6) is 5.75 Å². The number of piperazine rings is 1. The third kappa shape index (κ3) is 2.63. The summed E-state index contributed by atoms with van der Waals surface area (Å²) in [5, 5.41) is -0.275. The molecule has 0 atom stereocenters. The van der Waals surface area contributed by atoms with E-state index in [0.29, 0.717) is 37.4 Å². The van der Waals surface area contributed by atoms with Crippen LogP contribution in [-0.4, -0.2) is 50.6 Å². The van der Waals surface area contributed by atoms with Crippen LogP contribution in [0.2, 0.25) is 0 Å². The number of ether oxygens (including phenoxy) is 1. The molecular formula is C14H18N2O4S. The van der Waals surface area contributed by atoms with Gasteiger partial charge in [-0.15, -0.1) is 0 Å². The molecule has 1 saturated carbocycles. The standard InChI is InChI=1S/C14H18N2O4S/c1-20-13-5-3-2-4-12(13)16-9-8-15(10-14(16)17)21(18,19)11-6-7-11/h2-5,11H,6-10H2,1H3. The maximum atomic E-state index is 12.3. The van der Waals surface area contributed by atoms with E-state index >= 15 is 0 Å². The quantitative estimate of drug-likeness (QED) is 0.826. The van der Waals surface area contributed by atoms with Crippen molar-refractivity contribution in [2.45, 2.75) is 18.1 Å². The van der Waals surface area contributed by atoms with Gasteiger partial charge < -0.3 is 9.64 Å². The highest BCUT2D eigenvalue weighted by atomic mass is 32.2. The van der Waals surface area contributed by atoms with Gasteiger partial charge in [0.2, 0.25) is 15.9 Å². The minimum Gasteiger partial charge on any atom is -0.495 e. The largest absolute Gasteiger partial charge is 0.495 e. The van der Waals surface area contributed by atoms with E-state index in [0.717, 1.165) is 0 Å². The molecule has 1 heterocycles. The Morgan fingerprint density at radius 1 is 1.19 bits per heavy atom. The van der Waals surface area contributed by atoms with Crippen LogP contribution in [0.4, 0.5) is 5.69 Å². The fourth-order valence-corrected chi connectivity index (χ4v) is 4.33. The molecule has 7 heteroatoms. The first-order valence-corrected chi connectivity index (χ1v) is 8.46. The Balaban J connectivity index is 1.79. The predicted octanol–water partition coefficient (Wildman–Crippen LogP) is 0.836. The first kappa shape index (κ1) is 14.3. The molecule has 114 valence electrons. The fraction of sp³-hybridized carbons (Fsp3) is 0.500. The summed E-state index contributed by atoms with van der Waals surface area (Å²) >= 11 is 0. The van der Waals surface area contributed by atoms with E-state index in [-0.39, 0.29) is 17.7 Å². The number of hydrogen-bond acceptors (Lipinski definition) is 4. The molecule has 1 amide bonds. The van der Waals surface area contributed by atoms with E-state index in [2.05, 4.69) is 0 Å². The average molecular weight is 310 g/mol. The topological polar surface area (TPSA) is 66.9 Å². The predicted molar refractivity (Wildman–Crippen MR) is 78.9 cm³/mol. The minimum atomic E-state index is -3.29. The van der Waals surface area contributed by atoms with Crippen molar-refractivity contribution in [1.82, 2.24) is 4.31 Å². The Kier molecular flexibility index (Phi) is 3.62. The summed E-state index contributed by atoms with van der Waals surface area (Å²) in [6, 6.07) is 7.26. The Labute approximate surface area is 124 Å². The van der Waals surface area contributed by atoms with Crippen molar-refractivity contribution in [1.29, 1.82) is 0 Å². The van der Waals surface area contributed by atoms with Crippen LogP contribution in [0, 0.1) is 0 Å². The number of rotatable bonds is 4. The van der Waals surface area contributed by atoms with Crippen LogP contribution in [0.3, 0.4) is 0 Å². The lowest BCUT2D eigenvalue weighted by atomic mass is 10.2. The molecule has 21 heavy (non-hydrogen) atoms. The number of methoxy groups -OCH3 is 1. The normalized spacial score (nSPS) is 20.6. The molecule has 6 nitrogen and oxygen atoms in total. The SMILES string of the molecule is COc1ccccc1N1CCN(S(=O)(=O)C2CC2)CC1=O. The van der Waals surface area contributed by atoms with Gasteiger partial charge in [-0.1, -0.05) is 12.1 Å². The molecule has 0 aromatic heterocycles. The molecule has 2 aliphatic rings. The van der Waals surface area contributed by atoms with Gasteiger partial charge in [-0.25, -0.2) is 8.42 Å². The van der Waals surface area contributed by atoms with Gasteiger partial charge in [0.25, 0.3) is 0 Å². The number of nitrogens with zero attached hydrogens (tertiary/aromatic N) is 2. The number of hydrogen-bond donors (Lipinski definition) is 0. The van der Waals surface area contributed by atoms with E-state index in [1.807, 2.05) is 18.2 Å². The van der Waals surface area contributed by atoms with E-state index in [1.54, 1.807) is 18.1 Å². The van der Waals surface area contributed by atoms with Crippen LogP contribution < -0.4 is 9.64 Å². The van der Waals surface area contributed by atoms with Gasteiger partial charge in [0.15, 0.2) is 0 Å². The monoisotopic (exact) mass is 310 g/mol. The summed E-state index contributed by atoms with van der Waals surface area (Å²) in [5.41, 5.74) is 0.688. The molecule has 3 rings (SSSR count). The van der Waals surface area contributed by atoms with Crippen LogP contribution in [-0.2, 0) is 14.8 Å². The maximum Gasteiger partial charge on any atom is 0.242 e. The molecular weight excluding hydrogens is 292 g/mol. The first-order valence-electron chi connectivity index (χ1n) is 6.96. The third-order valence-electron chi connectivity index (χ3n) is 3.87. The Morgan fingerprint density at radius 2 is 1.90 bits per heavy atom. The molecule has 1 saturated heterocycles. The van der Waals surface area contributed by atoms with Crippen molar-refractivity contribution in [2.24, 2.45) is 0 Å². The second-order valence-electron chi connectivity index (χ2n) is 5.30. The van der Waals surface area contributed by atoms with Gasteiger partial charge >= 0.3 is 0 Å². The van der Waals surface area contributed by atoms with Gasteiger partial charge in [0.1, 0.15) is 5.75 Å².